The molecule has 2 aliphatic rings. The standard InChI is InChI=1S/C23H29N3O3S/c1-29-15-14-26-21(19-9-6-16-30-19)20(17-7-2-3-8-18(17)23(26)28)22(27)24-10-13-25-11-4-5-12-25/h2-3,6-9,16,20-21H,4-5,10-15H2,1H3,(H,24,27). The van der Waals surface area contributed by atoms with Crippen molar-refractivity contribution in [1.29, 1.82) is 0 Å². The van der Waals surface area contributed by atoms with Crippen molar-refractivity contribution in [3.63, 3.8) is 0 Å². The molecule has 1 fully saturated rings. The molecule has 6 nitrogen and oxygen atoms in total. The highest BCUT2D eigenvalue weighted by Crippen LogP contribution is 2.44. The average Bonchev–Trinajstić information content (AvgIpc) is 3.47. The van der Waals surface area contributed by atoms with Crippen molar-refractivity contribution in [2.24, 2.45) is 0 Å². The van der Waals surface area contributed by atoms with E-state index in [-0.39, 0.29) is 17.9 Å². The van der Waals surface area contributed by atoms with Gasteiger partial charge in [-0.25, -0.2) is 0 Å². The lowest BCUT2D eigenvalue weighted by Crippen LogP contribution is -2.48. The second-order valence-electron chi connectivity index (χ2n) is 7.86. The van der Waals surface area contributed by atoms with E-state index in [1.54, 1.807) is 18.4 Å². The largest absolute Gasteiger partial charge is 0.383 e. The summed E-state index contributed by atoms with van der Waals surface area (Å²) in [5, 5.41) is 5.16. The molecule has 2 atom stereocenters. The van der Waals surface area contributed by atoms with Crippen molar-refractivity contribution in [1.82, 2.24) is 15.1 Å². The van der Waals surface area contributed by atoms with Gasteiger partial charge in [-0.2, -0.15) is 0 Å². The van der Waals surface area contributed by atoms with Gasteiger partial charge in [-0.05, 0) is 49.0 Å². The van der Waals surface area contributed by atoms with Crippen molar-refractivity contribution in [3.8, 4) is 0 Å². The Balaban J connectivity index is 1.63. The second kappa shape index (κ2) is 9.73. The molecule has 30 heavy (non-hydrogen) atoms. The number of amides is 2. The molecule has 1 aromatic heterocycles. The molecule has 0 bridgehead atoms. The number of nitrogens with zero attached hydrogens (tertiary/aromatic N) is 2. The molecule has 3 heterocycles. The van der Waals surface area contributed by atoms with E-state index in [1.807, 2.05) is 46.7 Å². The van der Waals surface area contributed by atoms with E-state index in [9.17, 15) is 9.59 Å². The quantitative estimate of drug-likeness (QED) is 0.704. The molecule has 0 radical (unpaired) electrons. The van der Waals surface area contributed by atoms with Gasteiger partial charge >= 0.3 is 0 Å². The Morgan fingerprint density at radius 2 is 1.97 bits per heavy atom. The number of thiophene rings is 1. The van der Waals surface area contributed by atoms with E-state index < -0.39 is 5.92 Å². The van der Waals surface area contributed by atoms with Gasteiger partial charge < -0.3 is 19.9 Å². The van der Waals surface area contributed by atoms with Crippen molar-refractivity contribution >= 4 is 23.2 Å². The third-order valence-corrected chi connectivity index (χ3v) is 6.96. The van der Waals surface area contributed by atoms with Gasteiger partial charge in [0.15, 0.2) is 0 Å². The molecule has 2 unspecified atom stereocenters. The molecule has 7 heteroatoms. The van der Waals surface area contributed by atoms with Crippen LogP contribution in [-0.4, -0.2) is 68.1 Å². The van der Waals surface area contributed by atoms with Gasteiger partial charge in [0.05, 0.1) is 18.6 Å². The Kier molecular flexibility index (Phi) is 6.82. The van der Waals surface area contributed by atoms with E-state index in [2.05, 4.69) is 10.2 Å². The summed E-state index contributed by atoms with van der Waals surface area (Å²) in [4.78, 5) is 32.0. The number of methoxy groups -OCH3 is 1. The highest BCUT2D eigenvalue weighted by molar-refractivity contribution is 7.10. The molecule has 0 spiro atoms. The van der Waals surface area contributed by atoms with Gasteiger partial charge in [-0.15, -0.1) is 11.3 Å². The van der Waals surface area contributed by atoms with Crippen LogP contribution in [0.25, 0.3) is 0 Å². The Hall–Kier alpha value is -2.22. The number of benzene rings is 1. The summed E-state index contributed by atoms with van der Waals surface area (Å²) >= 11 is 1.59. The minimum Gasteiger partial charge on any atom is -0.383 e. The van der Waals surface area contributed by atoms with E-state index in [1.165, 1.54) is 12.8 Å². The van der Waals surface area contributed by atoms with Crippen LogP contribution >= 0.6 is 11.3 Å². The monoisotopic (exact) mass is 427 g/mol. The molecule has 0 saturated carbocycles. The van der Waals surface area contributed by atoms with Gasteiger partial charge in [0, 0.05) is 37.2 Å². The van der Waals surface area contributed by atoms with Gasteiger partial charge in [-0.3, -0.25) is 9.59 Å². The molecular weight excluding hydrogens is 398 g/mol. The van der Waals surface area contributed by atoms with E-state index in [0.717, 1.165) is 30.1 Å². The van der Waals surface area contributed by atoms with Gasteiger partial charge in [-0.1, -0.05) is 24.3 Å². The number of rotatable bonds is 8. The molecule has 4 rings (SSSR count). The Morgan fingerprint density at radius 1 is 1.17 bits per heavy atom. The number of fused-ring (bicyclic) bond motifs is 1. The van der Waals surface area contributed by atoms with Crippen LogP contribution in [0.4, 0.5) is 0 Å². The van der Waals surface area contributed by atoms with Crippen LogP contribution < -0.4 is 5.32 Å². The van der Waals surface area contributed by atoms with Crippen molar-refractivity contribution in [2.75, 3.05) is 46.4 Å². The molecule has 0 aliphatic carbocycles. The number of carbonyl (C=O) groups excluding carboxylic acids is 2. The lowest BCUT2D eigenvalue weighted by molar-refractivity contribution is -0.124. The SMILES string of the molecule is COCCN1C(=O)c2ccccc2C(C(=O)NCCN2CCCC2)C1c1cccs1. The van der Waals surface area contributed by atoms with E-state index >= 15 is 0 Å². The summed E-state index contributed by atoms with van der Waals surface area (Å²) in [6.45, 7) is 4.60. The van der Waals surface area contributed by atoms with E-state index in [0.29, 0.717) is 25.3 Å². The van der Waals surface area contributed by atoms with Crippen LogP contribution in [0.15, 0.2) is 41.8 Å². The van der Waals surface area contributed by atoms with Crippen LogP contribution in [0.3, 0.4) is 0 Å². The second-order valence-corrected chi connectivity index (χ2v) is 8.84. The van der Waals surface area contributed by atoms with Crippen LogP contribution in [0, 0.1) is 0 Å². The zero-order chi connectivity index (χ0) is 20.9. The van der Waals surface area contributed by atoms with Crippen LogP contribution in [0.2, 0.25) is 0 Å². The highest BCUT2D eigenvalue weighted by atomic mass is 32.1. The molecule has 2 aliphatic heterocycles. The summed E-state index contributed by atoms with van der Waals surface area (Å²) in [6, 6.07) is 11.2. The Bertz CT molecular complexity index is 864. The first-order valence-electron chi connectivity index (χ1n) is 10.6. The fourth-order valence-corrected chi connectivity index (χ4v) is 5.41. The van der Waals surface area contributed by atoms with Gasteiger partial charge in [0.2, 0.25) is 5.91 Å². The summed E-state index contributed by atoms with van der Waals surface area (Å²) < 4.78 is 5.27. The third-order valence-electron chi connectivity index (χ3n) is 6.02. The fourth-order valence-electron chi connectivity index (χ4n) is 4.54. The summed E-state index contributed by atoms with van der Waals surface area (Å²) in [6.07, 6.45) is 2.47. The Morgan fingerprint density at radius 3 is 2.70 bits per heavy atom. The van der Waals surface area contributed by atoms with Crippen LogP contribution in [0.1, 0.15) is 45.6 Å². The zero-order valence-electron chi connectivity index (χ0n) is 17.4. The fraction of sp³-hybridized carbons (Fsp3) is 0.478. The summed E-state index contributed by atoms with van der Waals surface area (Å²) in [7, 11) is 1.63. The maximum atomic E-state index is 13.5. The third kappa shape index (κ3) is 4.29. The van der Waals surface area contributed by atoms with Crippen molar-refractivity contribution in [2.45, 2.75) is 24.8 Å². The molecule has 1 saturated heterocycles. The van der Waals surface area contributed by atoms with Crippen molar-refractivity contribution < 1.29 is 14.3 Å². The van der Waals surface area contributed by atoms with Crippen LogP contribution in [0.5, 0.6) is 0 Å². The average molecular weight is 428 g/mol. The van der Waals surface area contributed by atoms with Gasteiger partial charge in [0.1, 0.15) is 0 Å². The number of carbonyl (C=O) groups is 2. The zero-order valence-corrected chi connectivity index (χ0v) is 18.2. The van der Waals surface area contributed by atoms with Crippen molar-refractivity contribution in [3.05, 3.63) is 57.8 Å². The molecule has 2 amide bonds. The highest BCUT2D eigenvalue weighted by Gasteiger charge is 2.44. The number of likely N-dealkylation sites (tertiary alicyclic amines) is 1. The maximum Gasteiger partial charge on any atom is 0.254 e. The normalized spacial score (nSPS) is 21.6. The predicted molar refractivity (Wildman–Crippen MR) is 118 cm³/mol. The molecular formula is C23H29N3O3S. The minimum absolute atomic E-state index is 0.0186. The van der Waals surface area contributed by atoms with Gasteiger partial charge in [0.25, 0.3) is 5.91 Å². The number of hydrogen-bond acceptors (Lipinski definition) is 5. The smallest absolute Gasteiger partial charge is 0.254 e. The number of hydrogen-bond donors (Lipinski definition) is 1. The summed E-state index contributed by atoms with van der Waals surface area (Å²) in [5.74, 6) is -0.495. The van der Waals surface area contributed by atoms with E-state index in [4.69, 9.17) is 4.74 Å². The Labute approximate surface area is 181 Å². The molecule has 1 aromatic carbocycles. The molecule has 160 valence electrons. The molecule has 1 N–H and O–H groups in total. The number of ether oxygens (including phenoxy) is 1. The predicted octanol–water partition coefficient (Wildman–Crippen LogP) is 2.89. The lowest BCUT2D eigenvalue weighted by atomic mass is 9.81. The first kappa shape index (κ1) is 21.0. The molecule has 2 aromatic rings. The number of nitrogens with one attached hydrogen (secondary N) is 1. The first-order valence-corrected chi connectivity index (χ1v) is 11.5. The van der Waals surface area contributed by atoms with Crippen LogP contribution in [-0.2, 0) is 9.53 Å². The maximum absolute atomic E-state index is 13.5. The lowest BCUT2D eigenvalue weighted by Gasteiger charge is -2.41. The summed E-state index contributed by atoms with van der Waals surface area (Å²) in [5.41, 5.74) is 1.43. The minimum atomic E-state index is -0.437. The topological polar surface area (TPSA) is 61.9 Å². The first-order chi connectivity index (χ1) is 14.7.